The van der Waals surface area contributed by atoms with Crippen molar-refractivity contribution in [1.82, 2.24) is 0 Å². The van der Waals surface area contributed by atoms with Crippen molar-refractivity contribution in [2.24, 2.45) is 0 Å². The third-order valence-corrected chi connectivity index (χ3v) is 3.86. The Balaban J connectivity index is 2.38. The number of rotatable bonds is 1. The second kappa shape index (κ2) is 4.60. The lowest BCUT2D eigenvalue weighted by Crippen LogP contribution is -2.28. The number of hydrogen-bond acceptors (Lipinski definition) is 4. The Bertz CT molecular complexity index is 181. The molecule has 0 amide bonds. The van der Waals surface area contributed by atoms with Gasteiger partial charge >= 0.3 is 5.97 Å². The van der Waals surface area contributed by atoms with Crippen LogP contribution in [0.2, 0.25) is 0 Å². The maximum Gasteiger partial charge on any atom is 0.325 e. The molecule has 0 aromatic carbocycles. The van der Waals surface area contributed by atoms with E-state index >= 15 is 0 Å². The maximum absolute atomic E-state index is 11.5. The summed E-state index contributed by atoms with van der Waals surface area (Å²) in [7, 11) is 0. The highest BCUT2D eigenvalue weighted by atomic mass is 32.2. The largest absolute Gasteiger partial charge is 0.459 e. The molecule has 2 nitrogen and oxygen atoms in total. The van der Waals surface area contributed by atoms with Crippen LogP contribution in [-0.2, 0) is 9.53 Å². The Morgan fingerprint density at radius 1 is 1.38 bits per heavy atom. The van der Waals surface area contributed by atoms with Gasteiger partial charge in [-0.15, -0.1) is 11.8 Å². The summed E-state index contributed by atoms with van der Waals surface area (Å²) in [5.41, 5.74) is -0.368. The van der Waals surface area contributed by atoms with Crippen molar-refractivity contribution in [3.05, 3.63) is 5.25 Å². The molecule has 0 atom stereocenters. The second-order valence-corrected chi connectivity index (χ2v) is 6.12. The molecule has 1 saturated heterocycles. The molecule has 1 fully saturated rings. The number of carbonyl (C=O) groups is 1. The van der Waals surface area contributed by atoms with E-state index in [0.29, 0.717) is 0 Å². The number of carbonyl (C=O) groups excluding carboxylic acids is 1. The topological polar surface area (TPSA) is 26.3 Å². The fourth-order valence-electron chi connectivity index (χ4n) is 0.883. The molecule has 0 spiro atoms. The van der Waals surface area contributed by atoms with Crippen LogP contribution >= 0.6 is 23.5 Å². The van der Waals surface area contributed by atoms with Gasteiger partial charge in [-0.3, -0.25) is 4.79 Å². The zero-order valence-corrected chi connectivity index (χ0v) is 9.89. The minimum atomic E-state index is -0.368. The summed E-state index contributed by atoms with van der Waals surface area (Å²) >= 11 is 3.43. The molecule has 1 heterocycles. The Morgan fingerprint density at radius 3 is 2.54 bits per heavy atom. The first-order chi connectivity index (χ1) is 5.99. The third-order valence-electron chi connectivity index (χ3n) is 1.36. The minimum absolute atomic E-state index is 0.135. The number of esters is 1. The SMILES string of the molecule is CC(C)(C)OC(=O)[C]1CSCCS1. The number of ether oxygens (including phenoxy) is 1. The Morgan fingerprint density at radius 2 is 2.08 bits per heavy atom. The van der Waals surface area contributed by atoms with Gasteiger partial charge in [-0.05, 0) is 20.8 Å². The molecule has 1 radical (unpaired) electrons. The third kappa shape index (κ3) is 4.27. The normalized spacial score (nSPS) is 19.9. The van der Waals surface area contributed by atoms with Gasteiger partial charge in [0.25, 0.3) is 0 Å². The molecule has 0 unspecified atom stereocenters. The van der Waals surface area contributed by atoms with E-state index < -0.39 is 0 Å². The molecule has 0 N–H and O–H groups in total. The molecule has 0 aromatic heterocycles. The Labute approximate surface area is 88.2 Å². The quantitative estimate of drug-likeness (QED) is 0.632. The average Bonchev–Trinajstić information content (AvgIpc) is 2.03. The van der Waals surface area contributed by atoms with E-state index in [1.165, 1.54) is 0 Å². The lowest BCUT2D eigenvalue weighted by atomic mass is 10.2. The summed E-state index contributed by atoms with van der Waals surface area (Å²) in [6.07, 6.45) is 0. The molecular formula is C9H15O2S2. The van der Waals surface area contributed by atoms with E-state index in [-0.39, 0.29) is 11.6 Å². The fraction of sp³-hybridized carbons (Fsp3) is 0.778. The summed E-state index contributed by atoms with van der Waals surface area (Å²) in [4.78, 5) is 11.5. The van der Waals surface area contributed by atoms with Crippen LogP contribution in [0, 0.1) is 5.25 Å². The van der Waals surface area contributed by atoms with Gasteiger partial charge < -0.3 is 4.74 Å². The van der Waals surface area contributed by atoms with Crippen LogP contribution in [0.25, 0.3) is 0 Å². The summed E-state index contributed by atoms with van der Waals surface area (Å²) in [5.74, 6) is 2.85. The van der Waals surface area contributed by atoms with E-state index in [9.17, 15) is 4.79 Å². The van der Waals surface area contributed by atoms with Gasteiger partial charge in [-0.25, -0.2) is 0 Å². The number of hydrogen-bond donors (Lipinski definition) is 0. The summed E-state index contributed by atoms with van der Waals surface area (Å²) < 4.78 is 5.27. The molecule has 1 aliphatic heterocycles. The molecule has 0 aromatic rings. The first-order valence-corrected chi connectivity index (χ1v) is 6.43. The Kier molecular flexibility index (Phi) is 3.98. The van der Waals surface area contributed by atoms with Crippen LogP contribution in [0.4, 0.5) is 0 Å². The second-order valence-electron chi connectivity index (χ2n) is 3.83. The maximum atomic E-state index is 11.5. The van der Waals surface area contributed by atoms with E-state index in [1.54, 1.807) is 23.5 Å². The molecule has 1 rings (SSSR count). The average molecular weight is 219 g/mol. The molecular weight excluding hydrogens is 204 g/mol. The molecule has 75 valence electrons. The number of thioether (sulfide) groups is 2. The first kappa shape index (κ1) is 11.2. The lowest BCUT2D eigenvalue weighted by Gasteiger charge is -2.24. The summed E-state index contributed by atoms with van der Waals surface area (Å²) in [6, 6.07) is 0. The van der Waals surface area contributed by atoms with Crippen LogP contribution in [0.5, 0.6) is 0 Å². The fourth-order valence-corrected chi connectivity index (χ4v) is 3.12. The molecule has 0 aliphatic carbocycles. The monoisotopic (exact) mass is 219 g/mol. The van der Waals surface area contributed by atoms with Gasteiger partial charge in [0.05, 0.1) is 0 Å². The van der Waals surface area contributed by atoms with Gasteiger partial charge in [-0.1, -0.05) is 0 Å². The summed E-state index contributed by atoms with van der Waals surface area (Å²) in [6.45, 7) is 5.68. The first-order valence-electron chi connectivity index (χ1n) is 4.29. The van der Waals surface area contributed by atoms with Crippen molar-refractivity contribution in [1.29, 1.82) is 0 Å². The van der Waals surface area contributed by atoms with Crippen molar-refractivity contribution in [3.63, 3.8) is 0 Å². The van der Waals surface area contributed by atoms with Crippen LogP contribution in [0.3, 0.4) is 0 Å². The van der Waals surface area contributed by atoms with Crippen molar-refractivity contribution < 1.29 is 9.53 Å². The molecule has 4 heteroatoms. The van der Waals surface area contributed by atoms with Crippen LogP contribution in [0.15, 0.2) is 0 Å². The molecule has 13 heavy (non-hydrogen) atoms. The van der Waals surface area contributed by atoms with Crippen molar-refractivity contribution in [2.75, 3.05) is 17.3 Å². The zero-order valence-electron chi connectivity index (χ0n) is 8.25. The van der Waals surface area contributed by atoms with Gasteiger partial charge in [0.1, 0.15) is 10.9 Å². The van der Waals surface area contributed by atoms with E-state index in [0.717, 1.165) is 22.5 Å². The van der Waals surface area contributed by atoms with Gasteiger partial charge in [-0.2, -0.15) is 11.8 Å². The minimum Gasteiger partial charge on any atom is -0.459 e. The van der Waals surface area contributed by atoms with Gasteiger partial charge in [0, 0.05) is 17.3 Å². The molecule has 0 bridgehead atoms. The van der Waals surface area contributed by atoms with Crippen molar-refractivity contribution in [3.8, 4) is 0 Å². The smallest absolute Gasteiger partial charge is 0.325 e. The van der Waals surface area contributed by atoms with E-state index in [1.807, 2.05) is 20.8 Å². The van der Waals surface area contributed by atoms with E-state index in [4.69, 9.17) is 4.74 Å². The van der Waals surface area contributed by atoms with Crippen LogP contribution < -0.4 is 0 Å². The lowest BCUT2D eigenvalue weighted by molar-refractivity contribution is -0.150. The predicted octanol–water partition coefficient (Wildman–Crippen LogP) is 2.34. The van der Waals surface area contributed by atoms with Crippen LogP contribution in [-0.4, -0.2) is 28.8 Å². The van der Waals surface area contributed by atoms with Gasteiger partial charge in [0.15, 0.2) is 0 Å². The highest BCUT2D eigenvalue weighted by molar-refractivity contribution is 8.08. The Hall–Kier alpha value is 0.170. The standard InChI is InChI=1S/C9H15O2S2/c1-9(2,3)11-8(10)7-6-12-4-5-13-7/h4-6H2,1-3H3. The highest BCUT2D eigenvalue weighted by Gasteiger charge is 2.28. The van der Waals surface area contributed by atoms with Crippen LogP contribution in [0.1, 0.15) is 20.8 Å². The highest BCUT2D eigenvalue weighted by Crippen LogP contribution is 2.32. The van der Waals surface area contributed by atoms with Crippen molar-refractivity contribution in [2.45, 2.75) is 26.4 Å². The molecule has 1 aliphatic rings. The predicted molar refractivity (Wildman–Crippen MR) is 58.9 cm³/mol. The zero-order chi connectivity index (χ0) is 9.90. The van der Waals surface area contributed by atoms with E-state index in [2.05, 4.69) is 0 Å². The van der Waals surface area contributed by atoms with Crippen molar-refractivity contribution >= 4 is 29.5 Å². The molecule has 0 saturated carbocycles. The van der Waals surface area contributed by atoms with Gasteiger partial charge in [0.2, 0.25) is 0 Å². The summed E-state index contributed by atoms with van der Waals surface area (Å²) in [5, 5.41) is 0.867.